The van der Waals surface area contributed by atoms with Gasteiger partial charge in [-0.1, -0.05) is 135 Å². The van der Waals surface area contributed by atoms with Crippen LogP contribution in [0.4, 0.5) is 0 Å². The predicted molar refractivity (Wildman–Crippen MR) is 284 cm³/mol. The van der Waals surface area contributed by atoms with E-state index in [1.54, 1.807) is 0 Å². The summed E-state index contributed by atoms with van der Waals surface area (Å²) in [6.07, 6.45) is 3.24. The van der Waals surface area contributed by atoms with Gasteiger partial charge in [0, 0.05) is 44.1 Å². The molecule has 3 aromatic heterocycles. The van der Waals surface area contributed by atoms with E-state index in [2.05, 4.69) is 226 Å². The molecule has 1 radical (unpaired) electrons. The average Bonchev–Trinajstić information content (AvgIpc) is 3.85. The molecule has 0 aliphatic heterocycles. The summed E-state index contributed by atoms with van der Waals surface area (Å²) in [5, 5.41) is 8.90. The maximum absolute atomic E-state index is 5.42. The van der Waals surface area contributed by atoms with E-state index in [0.29, 0.717) is 5.92 Å². The first-order valence-electron chi connectivity index (χ1n) is 23.4. The van der Waals surface area contributed by atoms with Crippen LogP contribution in [0.2, 0.25) is 19.6 Å². The average molecular weight is 1070 g/mol. The molecular weight excluding hydrogens is 1010 g/mol. The number of para-hydroxylation sites is 1. The van der Waals surface area contributed by atoms with E-state index in [9.17, 15) is 0 Å². The van der Waals surface area contributed by atoms with Crippen LogP contribution in [0, 0.1) is 31.9 Å². The number of benzene rings is 8. The third-order valence-corrected chi connectivity index (χ3v) is 15.1. The smallest absolute Gasteiger partial charge is 0.0798 e. The fourth-order valence-corrected chi connectivity index (χ4v) is 11.6. The summed E-state index contributed by atoms with van der Waals surface area (Å²) in [5.74, 6) is 1.57. The predicted octanol–water partition coefficient (Wildman–Crippen LogP) is 15.5. The van der Waals surface area contributed by atoms with Crippen molar-refractivity contribution in [2.45, 2.75) is 67.2 Å². The Labute approximate surface area is 409 Å². The third kappa shape index (κ3) is 8.71. The van der Waals surface area contributed by atoms with Gasteiger partial charge in [-0.3, -0.25) is 4.98 Å². The van der Waals surface area contributed by atoms with Crippen LogP contribution in [0.15, 0.2) is 164 Å². The molecule has 4 nitrogen and oxygen atoms in total. The number of fused-ring (bicyclic) bond motifs is 7. The van der Waals surface area contributed by atoms with Crippen LogP contribution in [0.5, 0.6) is 0 Å². The Morgan fingerprint density at radius 2 is 1.31 bits per heavy atom. The van der Waals surface area contributed by atoms with E-state index >= 15 is 0 Å². The number of imidazole rings is 1. The molecule has 0 amide bonds. The number of nitrogens with zero attached hydrogens (tertiary/aromatic N) is 4. The largest absolute Gasteiger partial charge is 0.381 e. The molecular formula is C61H56IrN4Si-2. The normalized spacial score (nSPS) is 11.7. The van der Waals surface area contributed by atoms with Crippen molar-refractivity contribution in [2.75, 3.05) is 0 Å². The molecule has 0 atom stereocenters. The molecule has 0 saturated carbocycles. The van der Waals surface area contributed by atoms with Crippen molar-refractivity contribution in [2.24, 2.45) is 5.92 Å². The van der Waals surface area contributed by atoms with Crippen LogP contribution in [-0.4, -0.2) is 27.2 Å². The molecule has 67 heavy (non-hydrogen) atoms. The second-order valence-electron chi connectivity index (χ2n) is 19.2. The summed E-state index contributed by atoms with van der Waals surface area (Å²) in [5.41, 5.74) is 15.2. The standard InChI is InChI=1S/C43H32N3.C18H24NSi.Ir/c1-4-45-39-17-11-10-16-35(39)37-24-32(20-21-40(37)45)43-44-38-26-36-31(19-18-30-14-8-9-15-34(30)36)25-41(38)46(43)42-27(2)22-33(23-28(42)3)29-12-6-5-7-13-29;1-14(2)11-16-12-17(15-9-7-6-8-10-15)19-13-18(16)20(3,4)5;/h5-19,21-26H,4H2,1-3H3;6-9,12-14H,11H2,1-5H3;/q2*-1;. The molecule has 0 fully saturated rings. The maximum atomic E-state index is 5.42. The molecule has 0 aliphatic carbocycles. The van der Waals surface area contributed by atoms with Crippen molar-refractivity contribution in [3.8, 4) is 39.5 Å². The van der Waals surface area contributed by atoms with Gasteiger partial charge in [0.25, 0.3) is 0 Å². The van der Waals surface area contributed by atoms with E-state index < -0.39 is 8.07 Å². The van der Waals surface area contributed by atoms with E-state index in [1.165, 1.54) is 82.0 Å². The van der Waals surface area contributed by atoms with Gasteiger partial charge in [-0.15, -0.1) is 59.7 Å². The fraction of sp³-hybridized carbons (Fsp3) is 0.180. The third-order valence-electron chi connectivity index (χ3n) is 13.0. The molecule has 0 N–H and O–H groups in total. The Balaban J connectivity index is 0.000000226. The summed E-state index contributed by atoms with van der Waals surface area (Å²) in [4.78, 5) is 10.1. The molecule has 3 heterocycles. The molecule has 6 heteroatoms. The zero-order valence-electron chi connectivity index (χ0n) is 39.7. The minimum Gasteiger partial charge on any atom is -0.381 e. The summed E-state index contributed by atoms with van der Waals surface area (Å²) < 4.78 is 4.75. The minimum atomic E-state index is -1.34. The Morgan fingerprint density at radius 3 is 2.03 bits per heavy atom. The molecule has 0 aliphatic rings. The van der Waals surface area contributed by atoms with Gasteiger partial charge in [-0.05, 0) is 129 Å². The van der Waals surface area contributed by atoms with Crippen LogP contribution < -0.4 is 5.19 Å². The second-order valence-corrected chi connectivity index (χ2v) is 24.2. The molecule has 8 aromatic carbocycles. The van der Waals surface area contributed by atoms with Crippen LogP contribution in [0.3, 0.4) is 0 Å². The second kappa shape index (κ2) is 18.7. The first-order valence-corrected chi connectivity index (χ1v) is 26.9. The van der Waals surface area contributed by atoms with Crippen LogP contribution in [0.1, 0.15) is 37.5 Å². The summed E-state index contributed by atoms with van der Waals surface area (Å²) in [6, 6.07) is 63.4. The van der Waals surface area contributed by atoms with Crippen LogP contribution in [-0.2, 0) is 33.1 Å². The topological polar surface area (TPSA) is 35.6 Å². The molecule has 0 spiro atoms. The Hall–Kier alpha value is -6.43. The summed E-state index contributed by atoms with van der Waals surface area (Å²) in [6.45, 7) is 19.3. The van der Waals surface area contributed by atoms with Crippen molar-refractivity contribution >= 4 is 67.6 Å². The number of aryl methyl sites for hydroxylation is 3. The zero-order valence-corrected chi connectivity index (χ0v) is 43.1. The van der Waals surface area contributed by atoms with Crippen molar-refractivity contribution in [1.82, 2.24) is 19.1 Å². The van der Waals surface area contributed by atoms with Crippen LogP contribution >= 0.6 is 0 Å². The number of pyridine rings is 1. The number of aromatic nitrogens is 4. The van der Waals surface area contributed by atoms with Crippen molar-refractivity contribution in [3.63, 3.8) is 0 Å². The summed E-state index contributed by atoms with van der Waals surface area (Å²) >= 11 is 0. The molecule has 335 valence electrons. The van der Waals surface area contributed by atoms with E-state index in [1.807, 2.05) is 18.2 Å². The number of hydrogen-bond acceptors (Lipinski definition) is 2. The monoisotopic (exact) mass is 1070 g/mol. The van der Waals surface area contributed by atoms with Crippen molar-refractivity contribution in [1.29, 1.82) is 0 Å². The van der Waals surface area contributed by atoms with Crippen LogP contribution in [0.25, 0.3) is 93.8 Å². The van der Waals surface area contributed by atoms with Gasteiger partial charge in [-0.25, -0.2) is 0 Å². The number of hydrogen-bond donors (Lipinski definition) is 0. The van der Waals surface area contributed by atoms with Gasteiger partial charge in [0.1, 0.15) is 0 Å². The molecule has 11 rings (SSSR count). The number of rotatable bonds is 8. The van der Waals surface area contributed by atoms with Gasteiger partial charge in [0.2, 0.25) is 0 Å². The molecule has 0 bridgehead atoms. The summed E-state index contributed by atoms with van der Waals surface area (Å²) in [7, 11) is -1.34. The Bertz CT molecular complexity index is 3560. The van der Waals surface area contributed by atoms with Gasteiger partial charge in [-0.2, -0.15) is 0 Å². The SMILES string of the molecule is CC(C)Cc1cc(-c2[c-]cccc2)ncc1[Si](C)(C)C.CCn1c2c[c-]c(-c3nc4cc5c(ccc6ccccc65)cc4n3-c3c(C)cc(-c4ccccc4)cc3C)cc2c2ccccc21.[Ir]. The quantitative estimate of drug-likeness (QED) is 0.0864. The molecule has 0 unspecified atom stereocenters. The first kappa shape index (κ1) is 45.7. The first-order chi connectivity index (χ1) is 32.0. The Morgan fingerprint density at radius 1 is 0.612 bits per heavy atom. The molecule has 0 saturated heterocycles. The van der Waals surface area contributed by atoms with Gasteiger partial charge in [0.15, 0.2) is 0 Å². The van der Waals surface area contributed by atoms with Gasteiger partial charge >= 0.3 is 0 Å². The van der Waals surface area contributed by atoms with Gasteiger partial charge < -0.3 is 14.1 Å². The van der Waals surface area contributed by atoms with Gasteiger partial charge in [0.05, 0.1) is 24.9 Å². The Kier molecular flexibility index (Phi) is 12.7. The van der Waals surface area contributed by atoms with E-state index in [0.717, 1.165) is 46.6 Å². The van der Waals surface area contributed by atoms with E-state index in [4.69, 9.17) is 4.98 Å². The van der Waals surface area contributed by atoms with Crippen molar-refractivity contribution < 1.29 is 20.1 Å². The van der Waals surface area contributed by atoms with E-state index in [-0.39, 0.29) is 20.1 Å². The fourth-order valence-electron chi connectivity index (χ4n) is 10.0. The molecule has 11 aromatic rings. The maximum Gasteiger partial charge on any atom is 0.0798 e. The van der Waals surface area contributed by atoms with Crippen molar-refractivity contribution in [3.05, 3.63) is 193 Å². The zero-order chi connectivity index (χ0) is 45.7. The minimum absolute atomic E-state index is 0.